The Morgan fingerprint density at radius 3 is 2.55 bits per heavy atom. The highest BCUT2D eigenvalue weighted by molar-refractivity contribution is 7.10. The van der Waals surface area contributed by atoms with Crippen LogP contribution in [0.25, 0.3) is 23.4 Å². The summed E-state index contributed by atoms with van der Waals surface area (Å²) in [7, 11) is 3.20. The first-order valence-electron chi connectivity index (χ1n) is 9.98. The summed E-state index contributed by atoms with van der Waals surface area (Å²) in [4.78, 5) is 18.0. The monoisotopic (exact) mass is 437 g/mol. The van der Waals surface area contributed by atoms with Gasteiger partial charge in [0.15, 0.2) is 11.5 Å². The number of hydrogen-bond acceptors (Lipinski definition) is 7. The zero-order valence-electron chi connectivity index (χ0n) is 17.4. The summed E-state index contributed by atoms with van der Waals surface area (Å²) in [6.07, 6.45) is 5.89. The van der Waals surface area contributed by atoms with E-state index in [-0.39, 0.29) is 10.6 Å². The first-order chi connectivity index (χ1) is 15.1. The van der Waals surface area contributed by atoms with Gasteiger partial charge in [-0.1, -0.05) is 12.1 Å². The van der Waals surface area contributed by atoms with Gasteiger partial charge in [0.25, 0.3) is 5.69 Å². The van der Waals surface area contributed by atoms with Gasteiger partial charge in [-0.05, 0) is 48.7 Å². The molecular formula is C23H23N3O4S. The molecule has 1 aliphatic rings. The highest BCUT2D eigenvalue weighted by atomic mass is 32.1. The summed E-state index contributed by atoms with van der Waals surface area (Å²) >= 11 is 1.51. The van der Waals surface area contributed by atoms with E-state index < -0.39 is 0 Å². The zero-order chi connectivity index (χ0) is 21.8. The molecule has 0 atom stereocenters. The Bertz CT molecular complexity index is 1120. The lowest BCUT2D eigenvalue weighted by molar-refractivity contribution is -0.384. The number of nitrogens with zero attached hydrogens (tertiary/aromatic N) is 3. The van der Waals surface area contributed by atoms with Gasteiger partial charge in [-0.2, -0.15) is 0 Å². The lowest BCUT2D eigenvalue weighted by atomic mass is 10.1. The first kappa shape index (κ1) is 20.9. The molecule has 160 valence electrons. The number of nitro groups is 1. The van der Waals surface area contributed by atoms with E-state index in [2.05, 4.69) is 9.88 Å². The standard InChI is InChI=1S/C23H23N3O4S/c1-29-21-9-7-17(14-22(21)30-2)18-15-31-23(24-18)10-6-16-5-8-19(20(13-16)26(27)28)25-11-3-4-12-25/h5-10,13-15H,3-4,11-12H2,1-2H3. The SMILES string of the molecule is COc1ccc(-c2csc(C=Cc3ccc(N4CCCC4)c([N+](=O)[O-])c3)n2)cc1OC. The van der Waals surface area contributed by atoms with Crippen molar-refractivity contribution in [3.8, 4) is 22.8 Å². The fourth-order valence-corrected chi connectivity index (χ4v) is 4.39. The van der Waals surface area contributed by atoms with E-state index in [0.29, 0.717) is 17.2 Å². The van der Waals surface area contributed by atoms with Gasteiger partial charge in [-0.15, -0.1) is 11.3 Å². The van der Waals surface area contributed by atoms with E-state index in [4.69, 9.17) is 9.47 Å². The Hall–Kier alpha value is -3.39. The number of hydrogen-bond donors (Lipinski definition) is 0. The number of thiazole rings is 1. The summed E-state index contributed by atoms with van der Waals surface area (Å²) in [6, 6.07) is 11.1. The summed E-state index contributed by atoms with van der Waals surface area (Å²) < 4.78 is 10.6. The van der Waals surface area contributed by atoms with Gasteiger partial charge in [0.1, 0.15) is 10.7 Å². The quantitative estimate of drug-likeness (QED) is 0.358. The molecule has 0 spiro atoms. The van der Waals surface area contributed by atoms with E-state index >= 15 is 0 Å². The fourth-order valence-electron chi connectivity index (χ4n) is 3.68. The van der Waals surface area contributed by atoms with Crippen molar-refractivity contribution in [1.82, 2.24) is 4.98 Å². The highest BCUT2D eigenvalue weighted by Crippen LogP contribution is 2.34. The second-order valence-electron chi connectivity index (χ2n) is 7.17. The van der Waals surface area contributed by atoms with Crippen molar-refractivity contribution in [3.05, 3.63) is 62.5 Å². The number of rotatable bonds is 7. The van der Waals surface area contributed by atoms with E-state index in [1.807, 2.05) is 47.9 Å². The molecule has 4 rings (SSSR count). The van der Waals surface area contributed by atoms with Crippen molar-refractivity contribution in [2.75, 3.05) is 32.2 Å². The number of ether oxygens (including phenoxy) is 2. The maximum Gasteiger partial charge on any atom is 0.293 e. The van der Waals surface area contributed by atoms with Crippen molar-refractivity contribution in [2.45, 2.75) is 12.8 Å². The number of benzene rings is 2. The van der Waals surface area contributed by atoms with Crippen molar-refractivity contribution >= 4 is 34.9 Å². The number of anilines is 1. The van der Waals surface area contributed by atoms with Crippen molar-refractivity contribution in [3.63, 3.8) is 0 Å². The highest BCUT2D eigenvalue weighted by Gasteiger charge is 2.22. The zero-order valence-corrected chi connectivity index (χ0v) is 18.2. The average molecular weight is 438 g/mol. The summed E-state index contributed by atoms with van der Waals surface area (Å²) in [5, 5.41) is 14.4. The number of nitro benzene ring substituents is 1. The van der Waals surface area contributed by atoms with Gasteiger partial charge in [0.2, 0.25) is 0 Å². The van der Waals surface area contributed by atoms with Crippen LogP contribution in [0.4, 0.5) is 11.4 Å². The predicted molar refractivity (Wildman–Crippen MR) is 124 cm³/mol. The van der Waals surface area contributed by atoms with Crippen molar-refractivity contribution in [2.24, 2.45) is 0 Å². The second-order valence-corrected chi connectivity index (χ2v) is 8.06. The molecule has 0 radical (unpaired) electrons. The molecule has 3 aromatic rings. The molecule has 7 nitrogen and oxygen atoms in total. The number of aromatic nitrogens is 1. The van der Waals surface area contributed by atoms with Crippen molar-refractivity contribution < 1.29 is 14.4 Å². The molecule has 0 unspecified atom stereocenters. The first-order valence-corrected chi connectivity index (χ1v) is 10.9. The Labute approximate surface area is 184 Å². The molecule has 31 heavy (non-hydrogen) atoms. The third-order valence-electron chi connectivity index (χ3n) is 5.26. The van der Waals surface area contributed by atoms with Crippen LogP contribution < -0.4 is 14.4 Å². The lowest BCUT2D eigenvalue weighted by Crippen LogP contribution is -2.18. The van der Waals surface area contributed by atoms with Crippen LogP contribution in [-0.2, 0) is 0 Å². The van der Waals surface area contributed by atoms with Crippen LogP contribution in [0.2, 0.25) is 0 Å². The molecule has 2 aromatic carbocycles. The van der Waals surface area contributed by atoms with Gasteiger partial charge in [-0.25, -0.2) is 4.98 Å². The van der Waals surface area contributed by atoms with Gasteiger partial charge < -0.3 is 14.4 Å². The minimum absolute atomic E-state index is 0.147. The molecule has 1 aliphatic heterocycles. The van der Waals surface area contributed by atoms with E-state index in [1.165, 1.54) is 11.3 Å². The van der Waals surface area contributed by atoms with Crippen LogP contribution in [0.3, 0.4) is 0 Å². The van der Waals surface area contributed by atoms with E-state index in [1.54, 1.807) is 20.3 Å². The third kappa shape index (κ3) is 4.54. The van der Waals surface area contributed by atoms with Crippen LogP contribution in [0.15, 0.2) is 41.8 Å². The summed E-state index contributed by atoms with van der Waals surface area (Å²) in [6.45, 7) is 1.74. The molecule has 0 bridgehead atoms. The van der Waals surface area contributed by atoms with Crippen LogP contribution in [0.5, 0.6) is 11.5 Å². The Morgan fingerprint density at radius 1 is 1.06 bits per heavy atom. The molecule has 0 amide bonds. The predicted octanol–water partition coefficient (Wildman–Crippen LogP) is 5.51. The molecule has 0 saturated carbocycles. The molecule has 2 heterocycles. The van der Waals surface area contributed by atoms with Gasteiger partial charge in [0, 0.05) is 30.1 Å². The fraction of sp³-hybridized carbons (Fsp3) is 0.261. The number of methoxy groups -OCH3 is 2. The van der Waals surface area contributed by atoms with Gasteiger partial charge >= 0.3 is 0 Å². The molecule has 1 fully saturated rings. The van der Waals surface area contributed by atoms with E-state index in [9.17, 15) is 10.1 Å². The maximum atomic E-state index is 11.6. The van der Waals surface area contributed by atoms with Gasteiger partial charge in [-0.3, -0.25) is 10.1 Å². The summed E-state index contributed by atoms with van der Waals surface area (Å²) in [5.41, 5.74) is 3.39. The Balaban J connectivity index is 1.55. The molecular weight excluding hydrogens is 414 g/mol. The molecule has 1 aromatic heterocycles. The van der Waals surface area contributed by atoms with Crippen LogP contribution in [0, 0.1) is 10.1 Å². The minimum atomic E-state index is -0.302. The molecule has 8 heteroatoms. The third-order valence-corrected chi connectivity index (χ3v) is 6.07. The maximum absolute atomic E-state index is 11.6. The topological polar surface area (TPSA) is 77.7 Å². The average Bonchev–Trinajstić information content (AvgIpc) is 3.49. The second kappa shape index (κ2) is 9.18. The van der Waals surface area contributed by atoms with Crippen LogP contribution in [0.1, 0.15) is 23.4 Å². The van der Waals surface area contributed by atoms with E-state index in [0.717, 1.165) is 47.8 Å². The molecule has 0 aliphatic carbocycles. The lowest BCUT2D eigenvalue weighted by Gasteiger charge is -2.17. The normalized spacial score (nSPS) is 13.7. The minimum Gasteiger partial charge on any atom is -0.493 e. The summed E-state index contributed by atoms with van der Waals surface area (Å²) in [5.74, 6) is 1.32. The Morgan fingerprint density at radius 2 is 1.84 bits per heavy atom. The Kier molecular flexibility index (Phi) is 6.18. The van der Waals surface area contributed by atoms with Crippen molar-refractivity contribution in [1.29, 1.82) is 0 Å². The smallest absolute Gasteiger partial charge is 0.293 e. The molecule has 1 saturated heterocycles. The van der Waals surface area contributed by atoms with Gasteiger partial charge in [0.05, 0.1) is 24.8 Å². The van der Waals surface area contributed by atoms with Crippen LogP contribution >= 0.6 is 11.3 Å². The largest absolute Gasteiger partial charge is 0.493 e. The molecule has 0 N–H and O–H groups in total. The van der Waals surface area contributed by atoms with Crippen LogP contribution in [-0.4, -0.2) is 37.2 Å².